The van der Waals surface area contributed by atoms with Gasteiger partial charge in [-0.15, -0.1) is 11.8 Å². The predicted molar refractivity (Wildman–Crippen MR) is 121 cm³/mol. The topological polar surface area (TPSA) is 64.4 Å². The van der Waals surface area contributed by atoms with Crippen molar-refractivity contribution in [3.63, 3.8) is 0 Å². The van der Waals surface area contributed by atoms with E-state index in [1.165, 1.54) is 10.4 Å². The molecule has 1 saturated heterocycles. The monoisotopic (exact) mass is 463 g/mol. The number of hydrogen-bond donors (Lipinski definition) is 0. The number of aryl methyl sites for hydroxylation is 1. The highest BCUT2D eigenvalue weighted by Gasteiger charge is 2.27. The zero-order valence-electron chi connectivity index (χ0n) is 17.5. The van der Waals surface area contributed by atoms with Crippen LogP contribution < -0.4 is 0 Å². The van der Waals surface area contributed by atoms with Gasteiger partial charge in [-0.25, -0.2) is 17.8 Å². The van der Waals surface area contributed by atoms with E-state index >= 15 is 0 Å². The highest BCUT2D eigenvalue weighted by Crippen LogP contribution is 2.26. The van der Waals surface area contributed by atoms with Crippen LogP contribution in [0.2, 0.25) is 0 Å². The average molecular weight is 464 g/mol. The average Bonchev–Trinajstić information content (AvgIpc) is 3.12. The van der Waals surface area contributed by atoms with E-state index in [0.717, 1.165) is 24.3 Å². The molecular formula is C22H26FN3O3S2. The van der Waals surface area contributed by atoms with E-state index in [1.807, 2.05) is 12.1 Å². The van der Waals surface area contributed by atoms with Gasteiger partial charge >= 0.3 is 0 Å². The minimum atomic E-state index is -3.57. The lowest BCUT2D eigenvalue weighted by Gasteiger charge is -2.26. The molecule has 0 spiro atoms. The Morgan fingerprint density at radius 1 is 1.13 bits per heavy atom. The van der Waals surface area contributed by atoms with E-state index in [0.29, 0.717) is 48.9 Å². The zero-order valence-corrected chi connectivity index (χ0v) is 19.1. The van der Waals surface area contributed by atoms with Crippen molar-refractivity contribution in [2.75, 3.05) is 26.3 Å². The first-order chi connectivity index (χ1) is 15.0. The Bertz CT molecular complexity index is 1160. The van der Waals surface area contributed by atoms with E-state index in [1.54, 1.807) is 36.0 Å². The molecule has 1 aliphatic rings. The molecule has 166 valence electrons. The minimum absolute atomic E-state index is 0.199. The third-order valence-electron chi connectivity index (χ3n) is 5.30. The Hall–Kier alpha value is -1.94. The third-order valence-corrected chi connectivity index (χ3v) is 8.17. The number of imidazole rings is 1. The summed E-state index contributed by atoms with van der Waals surface area (Å²) >= 11 is 1.60. The highest BCUT2D eigenvalue weighted by atomic mass is 32.2. The van der Waals surface area contributed by atoms with Crippen LogP contribution >= 0.6 is 11.8 Å². The SMILES string of the molecule is CCCn1c(CSCc2ccccc2F)nc2cc(S(=O)(=O)N3CCOCC3)ccc21. The molecule has 0 unspecified atom stereocenters. The number of halogens is 1. The van der Waals surface area contributed by atoms with Gasteiger partial charge in [-0.2, -0.15) is 4.31 Å². The molecule has 31 heavy (non-hydrogen) atoms. The Kier molecular flexibility index (Phi) is 6.95. The lowest BCUT2D eigenvalue weighted by Crippen LogP contribution is -2.40. The van der Waals surface area contributed by atoms with Crippen LogP contribution in [-0.2, 0) is 32.8 Å². The number of aromatic nitrogens is 2. The largest absolute Gasteiger partial charge is 0.379 e. The summed E-state index contributed by atoms with van der Waals surface area (Å²) in [6.45, 7) is 4.44. The molecule has 4 rings (SSSR count). The molecule has 3 aromatic rings. The number of thioether (sulfide) groups is 1. The molecule has 1 fully saturated rings. The van der Waals surface area contributed by atoms with Gasteiger partial charge in [0.05, 0.1) is 34.9 Å². The Labute approximate surface area is 186 Å². The number of hydrogen-bond acceptors (Lipinski definition) is 5. The molecule has 2 aromatic carbocycles. The van der Waals surface area contributed by atoms with E-state index in [9.17, 15) is 12.8 Å². The molecule has 0 radical (unpaired) electrons. The maximum Gasteiger partial charge on any atom is 0.243 e. The summed E-state index contributed by atoms with van der Waals surface area (Å²) in [5, 5.41) is 0. The summed E-state index contributed by atoms with van der Waals surface area (Å²) in [6, 6.07) is 12.0. The molecule has 6 nitrogen and oxygen atoms in total. The van der Waals surface area contributed by atoms with Gasteiger partial charge in [-0.3, -0.25) is 0 Å². The van der Waals surface area contributed by atoms with Crippen molar-refractivity contribution in [2.24, 2.45) is 0 Å². The number of fused-ring (bicyclic) bond motifs is 1. The van der Waals surface area contributed by atoms with Gasteiger partial charge < -0.3 is 9.30 Å². The standard InChI is InChI=1S/C22H26FN3O3S2/c1-2-9-26-21-8-7-18(31(27,28)25-10-12-29-13-11-25)14-20(21)24-22(26)16-30-15-17-5-3-4-6-19(17)23/h3-8,14H,2,9-13,15-16H2,1H3. The molecule has 0 bridgehead atoms. The number of rotatable bonds is 8. The summed E-state index contributed by atoms with van der Waals surface area (Å²) in [6.07, 6.45) is 0.935. The lowest BCUT2D eigenvalue weighted by atomic mass is 10.2. The van der Waals surface area contributed by atoms with Crippen molar-refractivity contribution >= 4 is 32.8 Å². The summed E-state index contributed by atoms with van der Waals surface area (Å²) in [5.74, 6) is 1.85. The first-order valence-electron chi connectivity index (χ1n) is 10.4. The van der Waals surface area contributed by atoms with Crippen LogP contribution in [0.3, 0.4) is 0 Å². The van der Waals surface area contributed by atoms with Crippen molar-refractivity contribution in [1.29, 1.82) is 0 Å². The van der Waals surface area contributed by atoms with Crippen LogP contribution in [0.4, 0.5) is 4.39 Å². The van der Waals surface area contributed by atoms with Gasteiger partial charge in [0, 0.05) is 25.4 Å². The van der Waals surface area contributed by atoms with Crippen molar-refractivity contribution in [2.45, 2.75) is 36.3 Å². The number of sulfonamides is 1. The van der Waals surface area contributed by atoms with Gasteiger partial charge in [0.15, 0.2) is 0 Å². The molecule has 0 aliphatic carbocycles. The summed E-state index contributed by atoms with van der Waals surface area (Å²) in [7, 11) is -3.57. The molecular weight excluding hydrogens is 437 g/mol. The van der Waals surface area contributed by atoms with Crippen LogP contribution in [-0.4, -0.2) is 48.6 Å². The second kappa shape index (κ2) is 9.68. The van der Waals surface area contributed by atoms with Crippen LogP contribution in [0.5, 0.6) is 0 Å². The smallest absolute Gasteiger partial charge is 0.243 e. The maximum atomic E-state index is 13.9. The van der Waals surface area contributed by atoms with E-state index in [2.05, 4.69) is 11.5 Å². The van der Waals surface area contributed by atoms with Gasteiger partial charge in [0.2, 0.25) is 10.0 Å². The van der Waals surface area contributed by atoms with Gasteiger partial charge in [-0.1, -0.05) is 25.1 Å². The first kappa shape index (κ1) is 22.3. The predicted octanol–water partition coefficient (Wildman–Crippen LogP) is 4.04. The molecule has 0 N–H and O–H groups in total. The number of ether oxygens (including phenoxy) is 1. The second-order valence-corrected chi connectivity index (χ2v) is 10.4. The second-order valence-electron chi connectivity index (χ2n) is 7.43. The highest BCUT2D eigenvalue weighted by molar-refractivity contribution is 7.97. The van der Waals surface area contributed by atoms with Gasteiger partial charge in [0.1, 0.15) is 11.6 Å². The fourth-order valence-corrected chi connectivity index (χ4v) is 6.09. The lowest BCUT2D eigenvalue weighted by molar-refractivity contribution is 0.0730. The van der Waals surface area contributed by atoms with Crippen LogP contribution in [0.1, 0.15) is 24.7 Å². The molecule has 1 aromatic heterocycles. The molecule has 0 saturated carbocycles. The van der Waals surface area contributed by atoms with Crippen molar-refractivity contribution in [3.8, 4) is 0 Å². The van der Waals surface area contributed by atoms with E-state index < -0.39 is 10.0 Å². The molecule has 1 aliphatic heterocycles. The maximum absolute atomic E-state index is 13.9. The van der Waals surface area contributed by atoms with Crippen LogP contribution in [0.25, 0.3) is 11.0 Å². The fourth-order valence-electron chi connectivity index (χ4n) is 3.71. The quantitative estimate of drug-likeness (QED) is 0.505. The van der Waals surface area contributed by atoms with Gasteiger partial charge in [0.25, 0.3) is 0 Å². The van der Waals surface area contributed by atoms with Crippen molar-refractivity contribution in [1.82, 2.24) is 13.9 Å². The Morgan fingerprint density at radius 3 is 2.65 bits per heavy atom. The Balaban J connectivity index is 1.59. The van der Waals surface area contributed by atoms with E-state index in [4.69, 9.17) is 9.72 Å². The normalized spacial score (nSPS) is 15.5. The van der Waals surface area contributed by atoms with Crippen molar-refractivity contribution < 1.29 is 17.5 Å². The number of nitrogens with zero attached hydrogens (tertiary/aromatic N) is 3. The number of morpholine rings is 1. The van der Waals surface area contributed by atoms with Crippen LogP contribution in [0.15, 0.2) is 47.4 Å². The summed E-state index contributed by atoms with van der Waals surface area (Å²) < 4.78 is 48.8. The van der Waals surface area contributed by atoms with Gasteiger partial charge in [-0.05, 0) is 36.2 Å². The Morgan fingerprint density at radius 2 is 1.90 bits per heavy atom. The van der Waals surface area contributed by atoms with E-state index in [-0.39, 0.29) is 10.7 Å². The summed E-state index contributed by atoms with van der Waals surface area (Å²) in [4.78, 5) is 5.00. The first-order valence-corrected chi connectivity index (χ1v) is 13.0. The zero-order chi connectivity index (χ0) is 21.8. The third kappa shape index (κ3) is 4.79. The van der Waals surface area contributed by atoms with Crippen molar-refractivity contribution in [3.05, 3.63) is 59.7 Å². The minimum Gasteiger partial charge on any atom is -0.379 e. The fraction of sp³-hybridized carbons (Fsp3) is 0.409. The molecule has 0 amide bonds. The molecule has 2 heterocycles. The molecule has 0 atom stereocenters. The summed E-state index contributed by atoms with van der Waals surface area (Å²) in [5.41, 5.74) is 2.26. The van der Waals surface area contributed by atoms with Crippen LogP contribution in [0, 0.1) is 5.82 Å². The molecule has 9 heteroatoms. The number of benzene rings is 2.